The molecule has 0 bridgehead atoms. The van der Waals surface area contributed by atoms with Crippen LogP contribution in [0.1, 0.15) is 50.2 Å². The number of isocyanates is 1. The van der Waals surface area contributed by atoms with E-state index in [2.05, 4.69) is 24.9 Å². The Morgan fingerprint density at radius 3 is 2.40 bits per heavy atom. The quantitative estimate of drug-likeness (QED) is 0.627. The molecule has 0 N–H and O–H groups in total. The second-order valence-electron chi connectivity index (χ2n) is 5.83. The van der Waals surface area contributed by atoms with Crippen LogP contribution in [0.2, 0.25) is 0 Å². The monoisotopic (exact) mass is 273 g/mol. The molecule has 1 aliphatic heterocycles. The summed E-state index contributed by atoms with van der Waals surface area (Å²) >= 11 is 0. The molecule has 0 aromatic heterocycles. The summed E-state index contributed by atoms with van der Waals surface area (Å²) in [5.74, 6) is 1.93. The van der Waals surface area contributed by atoms with E-state index in [9.17, 15) is 4.79 Å². The Hall–Kier alpha value is -1.80. The van der Waals surface area contributed by atoms with Crippen molar-refractivity contribution in [1.82, 2.24) is 0 Å². The highest BCUT2D eigenvalue weighted by molar-refractivity contribution is 5.54. The lowest BCUT2D eigenvalue weighted by atomic mass is 9.91. The second kappa shape index (κ2) is 4.95. The largest absolute Gasteiger partial charge is 0.490 e. The molecule has 0 unspecified atom stereocenters. The van der Waals surface area contributed by atoms with Crippen molar-refractivity contribution in [3.05, 3.63) is 23.3 Å². The first-order valence-electron chi connectivity index (χ1n) is 7.19. The van der Waals surface area contributed by atoms with Gasteiger partial charge in [0.15, 0.2) is 11.5 Å². The van der Waals surface area contributed by atoms with Crippen LogP contribution in [0.25, 0.3) is 0 Å². The molecule has 106 valence electrons. The number of benzene rings is 1. The van der Waals surface area contributed by atoms with Gasteiger partial charge in [-0.25, -0.2) is 4.79 Å². The summed E-state index contributed by atoms with van der Waals surface area (Å²) in [6.45, 7) is 5.63. The van der Waals surface area contributed by atoms with Crippen molar-refractivity contribution in [2.45, 2.75) is 44.6 Å². The van der Waals surface area contributed by atoms with Crippen LogP contribution < -0.4 is 9.47 Å². The van der Waals surface area contributed by atoms with E-state index in [-0.39, 0.29) is 5.54 Å². The zero-order valence-corrected chi connectivity index (χ0v) is 11.9. The lowest BCUT2D eigenvalue weighted by Gasteiger charge is -2.20. The maximum absolute atomic E-state index is 10.7. The fourth-order valence-corrected chi connectivity index (χ4v) is 2.75. The van der Waals surface area contributed by atoms with E-state index >= 15 is 0 Å². The summed E-state index contributed by atoms with van der Waals surface area (Å²) < 4.78 is 11.5. The predicted octanol–water partition coefficient (Wildman–Crippen LogP) is 3.30. The minimum Gasteiger partial charge on any atom is -0.490 e. The summed E-state index contributed by atoms with van der Waals surface area (Å²) in [5.41, 5.74) is 1.91. The maximum atomic E-state index is 10.7. The molecule has 2 aliphatic rings. The molecule has 0 amide bonds. The SMILES string of the molecule is CC(C)c1cc2c(cc1C1(N=C=O)CC1)OCCCO2. The van der Waals surface area contributed by atoms with Crippen LogP contribution in [0.3, 0.4) is 0 Å². The van der Waals surface area contributed by atoms with Gasteiger partial charge in [0.2, 0.25) is 6.08 Å². The molecule has 0 spiro atoms. The van der Waals surface area contributed by atoms with E-state index in [4.69, 9.17) is 9.47 Å². The fourth-order valence-electron chi connectivity index (χ4n) is 2.75. The normalized spacial score (nSPS) is 19.1. The highest BCUT2D eigenvalue weighted by Crippen LogP contribution is 2.53. The summed E-state index contributed by atoms with van der Waals surface area (Å²) in [6.07, 6.45) is 4.43. The zero-order valence-electron chi connectivity index (χ0n) is 11.9. The van der Waals surface area contributed by atoms with E-state index < -0.39 is 0 Å². The third-order valence-corrected chi connectivity index (χ3v) is 4.03. The molecule has 1 saturated carbocycles. The number of hydrogen-bond donors (Lipinski definition) is 0. The second-order valence-corrected chi connectivity index (χ2v) is 5.83. The molecule has 1 aromatic rings. The Balaban J connectivity index is 2.12. The van der Waals surface area contributed by atoms with Gasteiger partial charge in [-0.15, -0.1) is 0 Å². The molecule has 0 radical (unpaired) electrons. The van der Waals surface area contributed by atoms with Gasteiger partial charge in [-0.3, -0.25) is 0 Å². The van der Waals surface area contributed by atoms with Crippen molar-refractivity contribution in [3.63, 3.8) is 0 Å². The summed E-state index contributed by atoms with van der Waals surface area (Å²) in [7, 11) is 0. The van der Waals surface area contributed by atoms with Gasteiger partial charge in [-0.2, -0.15) is 4.99 Å². The molecule has 0 atom stereocenters. The van der Waals surface area contributed by atoms with Gasteiger partial charge in [-0.1, -0.05) is 13.8 Å². The number of ether oxygens (including phenoxy) is 2. The minimum absolute atomic E-state index is 0.349. The Kier molecular flexibility index (Phi) is 3.27. The van der Waals surface area contributed by atoms with Crippen LogP contribution in [-0.4, -0.2) is 19.3 Å². The highest BCUT2D eigenvalue weighted by atomic mass is 16.5. The Bertz CT molecular complexity index is 569. The number of hydrogen-bond acceptors (Lipinski definition) is 4. The molecule has 1 heterocycles. The lowest BCUT2D eigenvalue weighted by molar-refractivity contribution is 0.297. The number of rotatable bonds is 3. The van der Waals surface area contributed by atoms with Crippen LogP contribution in [0.5, 0.6) is 11.5 Å². The summed E-state index contributed by atoms with van der Waals surface area (Å²) in [6, 6.07) is 4.07. The average molecular weight is 273 g/mol. The third kappa shape index (κ3) is 2.20. The number of nitrogens with zero attached hydrogens (tertiary/aromatic N) is 1. The van der Waals surface area contributed by atoms with Crippen LogP contribution in [0, 0.1) is 0 Å². The molecule has 1 fully saturated rings. The zero-order chi connectivity index (χ0) is 14.2. The first-order valence-corrected chi connectivity index (χ1v) is 7.19. The van der Waals surface area contributed by atoms with Crippen molar-refractivity contribution in [3.8, 4) is 11.5 Å². The first kappa shape index (κ1) is 13.2. The highest BCUT2D eigenvalue weighted by Gasteiger charge is 2.47. The van der Waals surface area contributed by atoms with Gasteiger partial charge in [0.05, 0.1) is 18.8 Å². The number of aliphatic imine (C=N–C) groups is 1. The number of carbonyl (C=O) groups excluding carboxylic acids is 1. The van der Waals surface area contributed by atoms with Crippen LogP contribution in [0.15, 0.2) is 17.1 Å². The van der Waals surface area contributed by atoms with Crippen molar-refractivity contribution in [1.29, 1.82) is 0 Å². The maximum Gasteiger partial charge on any atom is 0.235 e. The van der Waals surface area contributed by atoms with E-state index in [0.717, 1.165) is 36.3 Å². The fraction of sp³-hybridized carbons (Fsp3) is 0.562. The van der Waals surface area contributed by atoms with E-state index in [1.54, 1.807) is 6.08 Å². The first-order chi connectivity index (χ1) is 9.66. The van der Waals surface area contributed by atoms with Gasteiger partial charge in [0, 0.05) is 6.42 Å². The topological polar surface area (TPSA) is 47.9 Å². The molecule has 20 heavy (non-hydrogen) atoms. The smallest absolute Gasteiger partial charge is 0.235 e. The molecular formula is C16H19NO3. The Morgan fingerprint density at radius 2 is 1.85 bits per heavy atom. The van der Waals surface area contributed by atoms with Gasteiger partial charge >= 0.3 is 0 Å². The Labute approximate surface area is 118 Å². The van der Waals surface area contributed by atoms with Crippen molar-refractivity contribution in [2.75, 3.05) is 13.2 Å². The van der Waals surface area contributed by atoms with E-state index in [1.165, 1.54) is 5.56 Å². The average Bonchev–Trinajstić information content (AvgIpc) is 3.21. The molecule has 4 nitrogen and oxygen atoms in total. The standard InChI is InChI=1S/C16H19NO3/c1-11(2)12-8-14-15(20-7-3-6-19-14)9-13(12)16(4-5-16)17-10-18/h8-9,11H,3-7H2,1-2H3. The van der Waals surface area contributed by atoms with Crippen molar-refractivity contribution in [2.24, 2.45) is 4.99 Å². The minimum atomic E-state index is -0.369. The van der Waals surface area contributed by atoms with Gasteiger partial charge < -0.3 is 9.47 Å². The van der Waals surface area contributed by atoms with Gasteiger partial charge in [0.25, 0.3) is 0 Å². The molecule has 4 heteroatoms. The number of fused-ring (bicyclic) bond motifs is 1. The molecule has 1 aromatic carbocycles. The summed E-state index contributed by atoms with van der Waals surface area (Å²) in [4.78, 5) is 14.8. The predicted molar refractivity (Wildman–Crippen MR) is 75.2 cm³/mol. The van der Waals surface area contributed by atoms with Crippen LogP contribution >= 0.6 is 0 Å². The molecule has 1 aliphatic carbocycles. The van der Waals surface area contributed by atoms with Crippen LogP contribution in [0.4, 0.5) is 0 Å². The molecule has 3 rings (SSSR count). The van der Waals surface area contributed by atoms with Gasteiger partial charge in [-0.05, 0) is 42.0 Å². The van der Waals surface area contributed by atoms with Gasteiger partial charge in [0.1, 0.15) is 0 Å². The van der Waals surface area contributed by atoms with E-state index in [1.807, 2.05) is 6.07 Å². The lowest BCUT2D eigenvalue weighted by Crippen LogP contribution is -2.09. The third-order valence-electron chi connectivity index (χ3n) is 4.03. The Morgan fingerprint density at radius 1 is 1.20 bits per heavy atom. The van der Waals surface area contributed by atoms with Crippen molar-refractivity contribution >= 4 is 6.08 Å². The molecule has 0 saturated heterocycles. The van der Waals surface area contributed by atoms with E-state index in [0.29, 0.717) is 19.1 Å². The summed E-state index contributed by atoms with van der Waals surface area (Å²) in [5, 5.41) is 0. The van der Waals surface area contributed by atoms with Crippen LogP contribution in [-0.2, 0) is 10.3 Å². The van der Waals surface area contributed by atoms with Crippen molar-refractivity contribution < 1.29 is 14.3 Å². The molecular weight excluding hydrogens is 254 g/mol.